The van der Waals surface area contributed by atoms with Crippen molar-refractivity contribution >= 4 is 134 Å². The van der Waals surface area contributed by atoms with Gasteiger partial charge < -0.3 is 9.80 Å². The third kappa shape index (κ3) is 7.01. The van der Waals surface area contributed by atoms with Crippen LogP contribution in [0.15, 0.2) is 218 Å². The molecule has 14 aromatic carbocycles. The average molecular weight is 945 g/mol. The highest BCUT2D eigenvalue weighted by atomic mass is 15.2. The minimum atomic E-state index is 1.11. The second-order valence-corrected chi connectivity index (χ2v) is 20.4. The Bertz CT molecular complexity index is 4020. The molecule has 0 aliphatic heterocycles. The predicted molar refractivity (Wildman–Crippen MR) is 322 cm³/mol. The smallest absolute Gasteiger partial charge is 0.0619 e. The van der Waals surface area contributed by atoms with Gasteiger partial charge in [0.15, 0.2) is 0 Å². The highest BCUT2D eigenvalue weighted by molar-refractivity contribution is 6.51. The van der Waals surface area contributed by atoms with Crippen LogP contribution in [0.3, 0.4) is 0 Å². The number of nitrogens with zero attached hydrogens (tertiary/aromatic N) is 2. The van der Waals surface area contributed by atoms with Crippen LogP contribution in [0.1, 0.15) is 44.5 Å². The standard InChI is InChI=1S/C72H52N2/c1-45-17-25-49(26-18-45)29-31-51-33-41-55(42-34-51)73(53-37-21-47(3)22-38-53)71-61-13-5-9-57-59-11-7-15-63-67(59)70-68-60(58-10-6-14-62(71)66(58)69(70)65(57)61)12-8-16-64(68)72(63)74(54-39-23-48(4)24-40-54)56-43-35-52(36-44-56)32-30-50-27-19-46(2)20-28-50/h5-44H,1-4H3/b31-29+,32-30+. The van der Waals surface area contributed by atoms with E-state index in [-0.39, 0.29) is 0 Å². The van der Waals surface area contributed by atoms with Crippen molar-refractivity contribution < 1.29 is 0 Å². The Balaban J connectivity index is 1.03. The Morgan fingerprint density at radius 2 is 0.419 bits per heavy atom. The topological polar surface area (TPSA) is 6.48 Å². The van der Waals surface area contributed by atoms with Crippen LogP contribution in [0.2, 0.25) is 0 Å². The van der Waals surface area contributed by atoms with Crippen LogP contribution < -0.4 is 9.80 Å². The van der Waals surface area contributed by atoms with Crippen molar-refractivity contribution in [3.05, 3.63) is 263 Å². The summed E-state index contributed by atoms with van der Waals surface area (Å²) in [5.74, 6) is 0. The average Bonchev–Trinajstić information content (AvgIpc) is 3.63. The Hall–Kier alpha value is -9.24. The number of rotatable bonds is 10. The van der Waals surface area contributed by atoms with Crippen LogP contribution in [0.5, 0.6) is 0 Å². The predicted octanol–water partition coefficient (Wildman–Crippen LogP) is 20.6. The van der Waals surface area contributed by atoms with Gasteiger partial charge in [0.05, 0.1) is 11.4 Å². The van der Waals surface area contributed by atoms with Crippen molar-refractivity contribution in [2.24, 2.45) is 0 Å². The highest BCUT2D eigenvalue weighted by Crippen LogP contribution is 2.58. The van der Waals surface area contributed by atoms with Gasteiger partial charge in [-0.25, -0.2) is 0 Å². The molecule has 2 nitrogen and oxygen atoms in total. The Kier molecular flexibility index (Phi) is 10.1. The molecule has 0 saturated carbocycles. The van der Waals surface area contributed by atoms with E-state index in [1.54, 1.807) is 0 Å². The van der Waals surface area contributed by atoms with Gasteiger partial charge in [-0.1, -0.05) is 216 Å². The van der Waals surface area contributed by atoms with Gasteiger partial charge in [0.2, 0.25) is 0 Å². The molecule has 0 bridgehead atoms. The Labute approximate surface area is 432 Å². The van der Waals surface area contributed by atoms with E-state index in [4.69, 9.17) is 0 Å². The maximum Gasteiger partial charge on any atom is 0.0619 e. The summed E-state index contributed by atoms with van der Waals surface area (Å²) in [6, 6.07) is 81.7. The number of anilines is 6. The third-order valence-electron chi connectivity index (χ3n) is 15.5. The molecule has 0 saturated heterocycles. The van der Waals surface area contributed by atoms with Gasteiger partial charge in [-0.3, -0.25) is 0 Å². The summed E-state index contributed by atoms with van der Waals surface area (Å²) in [6.45, 7) is 8.60. The quantitative estimate of drug-likeness (QED) is 0.0766. The Morgan fingerprint density at radius 1 is 0.216 bits per heavy atom. The zero-order valence-electron chi connectivity index (χ0n) is 42.0. The summed E-state index contributed by atoms with van der Waals surface area (Å²) in [6.07, 6.45) is 8.83. The second kappa shape index (κ2) is 17.2. The molecular formula is C72H52N2. The van der Waals surface area contributed by atoms with Gasteiger partial charge in [0.25, 0.3) is 0 Å². The van der Waals surface area contributed by atoms with E-state index < -0.39 is 0 Å². The maximum atomic E-state index is 2.51. The molecule has 0 aliphatic carbocycles. The number of hydrogen-bond donors (Lipinski definition) is 0. The van der Waals surface area contributed by atoms with E-state index in [2.05, 4.69) is 280 Å². The molecule has 74 heavy (non-hydrogen) atoms. The molecule has 14 rings (SSSR count). The largest absolute Gasteiger partial charge is 0.309 e. The monoisotopic (exact) mass is 944 g/mol. The summed E-state index contributed by atoms with van der Waals surface area (Å²) < 4.78 is 0. The number of benzene rings is 14. The lowest BCUT2D eigenvalue weighted by Crippen LogP contribution is -2.13. The van der Waals surface area contributed by atoms with Crippen LogP contribution >= 0.6 is 0 Å². The van der Waals surface area contributed by atoms with Crippen molar-refractivity contribution in [1.29, 1.82) is 0 Å². The fraction of sp³-hybridized carbons (Fsp3) is 0.0556. The fourth-order valence-electron chi connectivity index (χ4n) is 11.9. The lowest BCUT2D eigenvalue weighted by Gasteiger charge is -2.33. The van der Waals surface area contributed by atoms with Crippen molar-refractivity contribution in [3.63, 3.8) is 0 Å². The van der Waals surface area contributed by atoms with Gasteiger partial charge in [0, 0.05) is 76.6 Å². The van der Waals surface area contributed by atoms with E-state index in [1.165, 1.54) is 120 Å². The molecule has 2 heteroatoms. The summed E-state index contributed by atoms with van der Waals surface area (Å²) in [4.78, 5) is 5.01. The molecule has 0 N–H and O–H groups in total. The van der Waals surface area contributed by atoms with Gasteiger partial charge in [0.1, 0.15) is 0 Å². The first-order valence-corrected chi connectivity index (χ1v) is 25.8. The van der Waals surface area contributed by atoms with Crippen LogP contribution in [0, 0.1) is 27.7 Å². The van der Waals surface area contributed by atoms with Gasteiger partial charge >= 0.3 is 0 Å². The van der Waals surface area contributed by atoms with Crippen LogP contribution in [0.25, 0.3) is 99.7 Å². The van der Waals surface area contributed by atoms with Crippen molar-refractivity contribution in [3.8, 4) is 0 Å². The maximum absolute atomic E-state index is 2.51. The molecule has 0 atom stereocenters. The van der Waals surface area contributed by atoms with E-state index >= 15 is 0 Å². The third-order valence-corrected chi connectivity index (χ3v) is 15.5. The minimum Gasteiger partial charge on any atom is -0.309 e. The molecule has 0 aliphatic rings. The SMILES string of the molecule is Cc1ccc(/C=C/c2ccc(N(c3ccc(C)cc3)c3c4cccc5c6cccc7c(N(c8ccc(C)cc8)c8ccc(/C=C/c9ccc(C)cc9)cc8)c8cccc9c%10cccc3c%10c(c45)c(c76)c89)cc2)cc1. The first-order chi connectivity index (χ1) is 36.3. The van der Waals surface area contributed by atoms with Crippen molar-refractivity contribution in [2.45, 2.75) is 27.7 Å². The molecule has 0 fully saturated rings. The highest BCUT2D eigenvalue weighted by Gasteiger charge is 2.30. The fourth-order valence-corrected chi connectivity index (χ4v) is 11.9. The summed E-state index contributed by atoms with van der Waals surface area (Å²) >= 11 is 0. The molecule has 350 valence electrons. The van der Waals surface area contributed by atoms with Crippen LogP contribution in [-0.2, 0) is 0 Å². The van der Waals surface area contributed by atoms with Crippen LogP contribution in [-0.4, -0.2) is 0 Å². The Morgan fingerprint density at radius 3 is 0.676 bits per heavy atom. The second-order valence-electron chi connectivity index (χ2n) is 20.4. The zero-order chi connectivity index (χ0) is 49.6. The molecule has 0 heterocycles. The lowest BCUT2D eigenvalue weighted by molar-refractivity contribution is 1.30. The lowest BCUT2D eigenvalue weighted by atomic mass is 9.79. The molecule has 0 amide bonds. The molecule has 0 unspecified atom stereocenters. The van der Waals surface area contributed by atoms with Crippen molar-refractivity contribution in [1.82, 2.24) is 0 Å². The van der Waals surface area contributed by atoms with Gasteiger partial charge in [-0.2, -0.15) is 0 Å². The summed E-state index contributed by atoms with van der Waals surface area (Å²) in [5.41, 5.74) is 16.6. The van der Waals surface area contributed by atoms with E-state index in [0.717, 1.165) is 33.9 Å². The molecular weight excluding hydrogens is 893 g/mol. The van der Waals surface area contributed by atoms with Crippen LogP contribution in [0.4, 0.5) is 34.1 Å². The molecule has 0 radical (unpaired) electrons. The minimum absolute atomic E-state index is 1.11. The number of aryl methyl sites for hydroxylation is 4. The first kappa shape index (κ1) is 43.5. The van der Waals surface area contributed by atoms with Gasteiger partial charge in [-0.05, 0) is 120 Å². The first-order valence-electron chi connectivity index (χ1n) is 25.8. The molecule has 0 aromatic heterocycles. The summed E-state index contributed by atoms with van der Waals surface area (Å²) in [5, 5.41) is 18.0. The summed E-state index contributed by atoms with van der Waals surface area (Å²) in [7, 11) is 0. The van der Waals surface area contributed by atoms with E-state index in [9.17, 15) is 0 Å². The van der Waals surface area contributed by atoms with E-state index in [1.807, 2.05) is 0 Å². The number of fused-ring (bicyclic) bond motifs is 2. The number of hydrogen-bond acceptors (Lipinski definition) is 2. The normalized spacial score (nSPS) is 12.2. The van der Waals surface area contributed by atoms with E-state index in [0.29, 0.717) is 0 Å². The van der Waals surface area contributed by atoms with Crippen molar-refractivity contribution in [2.75, 3.05) is 9.80 Å². The molecule has 0 spiro atoms. The molecule has 14 aromatic rings. The zero-order valence-corrected chi connectivity index (χ0v) is 42.0. The van der Waals surface area contributed by atoms with Gasteiger partial charge in [-0.15, -0.1) is 0 Å².